The zero-order valence-corrected chi connectivity index (χ0v) is 24.4. The summed E-state index contributed by atoms with van der Waals surface area (Å²) in [6.45, 7) is 3.23. The molecule has 0 unspecified atom stereocenters. The van der Waals surface area contributed by atoms with Gasteiger partial charge in [0.2, 0.25) is 0 Å². The summed E-state index contributed by atoms with van der Waals surface area (Å²) in [6, 6.07) is 21.3. The Morgan fingerprint density at radius 2 is 1.76 bits per heavy atom. The smallest absolute Gasteiger partial charge is 0.440 e. The van der Waals surface area contributed by atoms with Crippen LogP contribution in [-0.4, -0.2) is 46.7 Å². The van der Waals surface area contributed by atoms with E-state index in [0.29, 0.717) is 24.5 Å². The zero-order valence-electron chi connectivity index (χ0n) is 24.4. The number of aromatic nitrogens is 2. The van der Waals surface area contributed by atoms with Gasteiger partial charge in [-0.3, -0.25) is 4.79 Å². The number of hydrogen-bond acceptors (Lipinski definition) is 6. The van der Waals surface area contributed by atoms with E-state index in [-0.39, 0.29) is 18.0 Å². The Hall–Kier alpha value is -4.37. The van der Waals surface area contributed by atoms with E-state index in [0.717, 1.165) is 45.4 Å². The van der Waals surface area contributed by atoms with Gasteiger partial charge in [0.1, 0.15) is 12.4 Å². The van der Waals surface area contributed by atoms with Crippen molar-refractivity contribution in [2.24, 2.45) is 0 Å². The van der Waals surface area contributed by atoms with Crippen LogP contribution in [0.15, 0.2) is 80.8 Å². The highest BCUT2D eigenvalue weighted by atomic mass is 16.5. The Balaban J connectivity index is 1.20. The molecule has 1 saturated carbocycles. The van der Waals surface area contributed by atoms with Crippen LogP contribution in [0.5, 0.6) is 5.75 Å². The van der Waals surface area contributed by atoms with E-state index in [4.69, 9.17) is 9.26 Å². The highest BCUT2D eigenvalue weighted by Crippen LogP contribution is 2.32. The van der Waals surface area contributed by atoms with E-state index in [1.807, 2.05) is 61.5 Å². The first-order valence-corrected chi connectivity index (χ1v) is 14.4. The summed E-state index contributed by atoms with van der Waals surface area (Å²) in [5.41, 5.74) is 5.11. The summed E-state index contributed by atoms with van der Waals surface area (Å²) in [5, 5.41) is 3.21. The summed E-state index contributed by atoms with van der Waals surface area (Å²) >= 11 is 0. The van der Waals surface area contributed by atoms with Crippen molar-refractivity contribution in [3.63, 3.8) is 0 Å². The molecule has 0 aliphatic heterocycles. The van der Waals surface area contributed by atoms with Crippen LogP contribution in [0.25, 0.3) is 11.1 Å². The van der Waals surface area contributed by atoms with Crippen molar-refractivity contribution in [2.45, 2.75) is 57.7 Å². The summed E-state index contributed by atoms with van der Waals surface area (Å²) in [7, 11) is 4.23. The number of carbonyl (C=O) groups excluding carboxylic acids is 1. The third-order valence-electron chi connectivity index (χ3n) is 8.32. The van der Waals surface area contributed by atoms with Gasteiger partial charge in [0.15, 0.2) is 0 Å². The predicted octanol–water partition coefficient (Wildman–Crippen LogP) is 4.73. The van der Waals surface area contributed by atoms with Gasteiger partial charge >= 0.3 is 11.4 Å². The molecular formula is C33H38N4O5. The monoisotopic (exact) mass is 570 g/mol. The summed E-state index contributed by atoms with van der Waals surface area (Å²) < 4.78 is 11.8. The number of aromatic amines is 1. The van der Waals surface area contributed by atoms with E-state index in [1.165, 1.54) is 19.3 Å². The molecule has 2 N–H and O–H groups in total. The lowest BCUT2D eigenvalue weighted by atomic mass is 9.80. The SMILES string of the molecule is Cc1cc(C(=O)NCC2(N(C)C)CCCCC2)ccc1-c1cccc(COc2ccc(Cn3oc(=O)[nH]c3=O)cc2)c1. The first-order chi connectivity index (χ1) is 20.2. The van der Waals surface area contributed by atoms with Crippen molar-refractivity contribution < 1.29 is 14.1 Å². The van der Waals surface area contributed by atoms with Crippen LogP contribution in [0.3, 0.4) is 0 Å². The van der Waals surface area contributed by atoms with Gasteiger partial charge in [-0.05, 0) is 92.0 Å². The molecule has 1 aliphatic rings. The second-order valence-corrected chi connectivity index (χ2v) is 11.4. The van der Waals surface area contributed by atoms with Crippen molar-refractivity contribution in [1.82, 2.24) is 19.9 Å². The van der Waals surface area contributed by atoms with Crippen molar-refractivity contribution in [1.29, 1.82) is 0 Å². The van der Waals surface area contributed by atoms with Gasteiger partial charge < -0.3 is 19.5 Å². The number of hydrogen-bond donors (Lipinski definition) is 2. The summed E-state index contributed by atoms with van der Waals surface area (Å²) in [6.07, 6.45) is 5.91. The van der Waals surface area contributed by atoms with Gasteiger partial charge in [0, 0.05) is 17.6 Å². The first kappa shape index (κ1) is 29.1. The Kier molecular flexibility index (Phi) is 8.77. The minimum absolute atomic E-state index is 0.0330. The second-order valence-electron chi connectivity index (χ2n) is 11.4. The highest BCUT2D eigenvalue weighted by Gasteiger charge is 2.34. The molecule has 5 rings (SSSR count). The van der Waals surface area contributed by atoms with Crippen LogP contribution in [-0.2, 0) is 13.2 Å². The number of rotatable bonds is 10. The van der Waals surface area contributed by atoms with E-state index in [2.05, 4.69) is 41.4 Å². The molecule has 0 bridgehead atoms. The van der Waals surface area contributed by atoms with Crippen molar-refractivity contribution in [3.8, 4) is 16.9 Å². The lowest BCUT2D eigenvalue weighted by Crippen LogP contribution is -2.53. The number of carbonyl (C=O) groups is 1. The molecule has 42 heavy (non-hydrogen) atoms. The Morgan fingerprint density at radius 1 is 1.00 bits per heavy atom. The average molecular weight is 571 g/mol. The molecule has 0 radical (unpaired) electrons. The Bertz CT molecular complexity index is 1640. The number of ether oxygens (including phenoxy) is 1. The molecule has 4 aromatic rings. The molecule has 1 fully saturated rings. The van der Waals surface area contributed by atoms with E-state index in [9.17, 15) is 14.4 Å². The fraction of sp³-hybridized carbons (Fsp3) is 0.364. The van der Waals surface area contributed by atoms with Crippen molar-refractivity contribution in [2.75, 3.05) is 20.6 Å². The largest absolute Gasteiger partial charge is 0.489 e. The van der Waals surface area contributed by atoms with Gasteiger partial charge in [0.05, 0.1) is 6.54 Å². The standard InChI is InChI=1S/C33H38N4O5/c1-23-18-27(30(38)34-22-33(36(2)3)16-5-4-6-17-33)12-15-29(23)26-9-7-8-25(19-26)21-41-28-13-10-24(11-14-28)20-37-31(39)35-32(40)42-37/h7-15,18-19H,4-6,16-17,20-22H2,1-3H3,(H,34,38)(H,35,39,40). The van der Waals surface area contributed by atoms with Crippen LogP contribution in [0, 0.1) is 6.92 Å². The number of aryl methyl sites for hydroxylation is 1. The molecule has 9 nitrogen and oxygen atoms in total. The number of benzene rings is 3. The fourth-order valence-electron chi connectivity index (χ4n) is 5.74. The van der Waals surface area contributed by atoms with Gasteiger partial charge in [-0.25, -0.2) is 14.6 Å². The molecule has 0 atom stereocenters. The van der Waals surface area contributed by atoms with Gasteiger partial charge in [-0.15, -0.1) is 4.74 Å². The maximum Gasteiger partial charge on any atom is 0.440 e. The fourth-order valence-corrected chi connectivity index (χ4v) is 5.74. The van der Waals surface area contributed by atoms with Crippen LogP contribution >= 0.6 is 0 Å². The topological polar surface area (TPSA) is 110 Å². The second kappa shape index (κ2) is 12.7. The minimum atomic E-state index is -0.776. The van der Waals surface area contributed by atoms with Crippen LogP contribution in [0.1, 0.15) is 59.2 Å². The molecule has 1 heterocycles. The average Bonchev–Trinajstić information content (AvgIpc) is 3.31. The Morgan fingerprint density at radius 3 is 2.43 bits per heavy atom. The molecule has 1 amide bonds. The van der Waals surface area contributed by atoms with Gasteiger partial charge in [-0.1, -0.05) is 55.7 Å². The molecule has 220 valence electrons. The lowest BCUT2D eigenvalue weighted by molar-refractivity contribution is 0.0799. The lowest BCUT2D eigenvalue weighted by Gasteiger charge is -2.43. The molecule has 0 spiro atoms. The number of nitrogens with one attached hydrogen (secondary N) is 2. The number of likely N-dealkylation sites (N-methyl/N-ethyl adjacent to an activating group) is 1. The third-order valence-corrected chi connectivity index (χ3v) is 8.32. The maximum atomic E-state index is 13.1. The molecule has 0 saturated heterocycles. The molecule has 9 heteroatoms. The van der Waals surface area contributed by atoms with Gasteiger partial charge in [0.25, 0.3) is 5.91 Å². The van der Waals surface area contributed by atoms with E-state index >= 15 is 0 Å². The van der Waals surface area contributed by atoms with Crippen LogP contribution in [0.2, 0.25) is 0 Å². The van der Waals surface area contributed by atoms with Crippen molar-refractivity contribution >= 4 is 5.91 Å². The number of H-pyrrole nitrogens is 1. The van der Waals surface area contributed by atoms with E-state index in [1.54, 1.807) is 0 Å². The maximum absolute atomic E-state index is 13.1. The van der Waals surface area contributed by atoms with Crippen molar-refractivity contribution in [3.05, 3.63) is 110 Å². The molecule has 1 aliphatic carbocycles. The molecular weight excluding hydrogens is 532 g/mol. The predicted molar refractivity (Wildman–Crippen MR) is 162 cm³/mol. The van der Waals surface area contributed by atoms with Crippen LogP contribution < -0.4 is 21.5 Å². The quantitative estimate of drug-likeness (QED) is 0.285. The Labute approximate surface area is 245 Å². The normalized spacial score (nSPS) is 14.6. The van der Waals surface area contributed by atoms with E-state index < -0.39 is 11.4 Å². The minimum Gasteiger partial charge on any atom is -0.489 e. The van der Waals surface area contributed by atoms with Crippen LogP contribution in [0.4, 0.5) is 0 Å². The summed E-state index contributed by atoms with van der Waals surface area (Å²) in [5.74, 6) is -0.126. The number of amides is 1. The van der Waals surface area contributed by atoms with Gasteiger partial charge in [-0.2, -0.15) is 0 Å². The zero-order chi connectivity index (χ0) is 29.7. The molecule has 3 aromatic carbocycles. The third kappa shape index (κ3) is 6.74. The summed E-state index contributed by atoms with van der Waals surface area (Å²) in [4.78, 5) is 40.2. The highest BCUT2D eigenvalue weighted by molar-refractivity contribution is 5.95. The number of nitrogens with zero attached hydrogens (tertiary/aromatic N) is 2. The first-order valence-electron chi connectivity index (χ1n) is 14.4. The molecule has 1 aromatic heterocycles.